The second-order valence-corrected chi connectivity index (χ2v) is 7.15. The van der Waals surface area contributed by atoms with Gasteiger partial charge in [-0.05, 0) is 56.5 Å². The summed E-state index contributed by atoms with van der Waals surface area (Å²) in [5.74, 6) is -0.898. The van der Waals surface area contributed by atoms with Crippen LogP contribution in [0.25, 0.3) is 0 Å². The maximum absolute atomic E-state index is 12.5. The van der Waals surface area contributed by atoms with E-state index in [4.69, 9.17) is 9.47 Å². The first-order valence-corrected chi connectivity index (χ1v) is 9.50. The van der Waals surface area contributed by atoms with Crippen LogP contribution in [0.2, 0.25) is 0 Å². The summed E-state index contributed by atoms with van der Waals surface area (Å²) in [5, 5.41) is 17.1. The number of benzene rings is 2. The van der Waals surface area contributed by atoms with Gasteiger partial charge in [0.05, 0.1) is 23.3 Å². The van der Waals surface area contributed by atoms with E-state index in [0.717, 1.165) is 24.5 Å². The molecule has 0 bridgehead atoms. The number of esters is 1. The molecule has 1 atom stereocenters. The summed E-state index contributed by atoms with van der Waals surface area (Å²) in [6, 6.07) is 9.60. The van der Waals surface area contributed by atoms with E-state index in [1.165, 1.54) is 26.2 Å². The van der Waals surface area contributed by atoms with Gasteiger partial charge in [0.25, 0.3) is 11.6 Å². The van der Waals surface area contributed by atoms with E-state index in [0.29, 0.717) is 17.1 Å². The summed E-state index contributed by atoms with van der Waals surface area (Å²) >= 11 is 0. The van der Waals surface area contributed by atoms with Gasteiger partial charge in [0.2, 0.25) is 0 Å². The number of carbonyl (C=O) groups is 2. The predicted molar refractivity (Wildman–Crippen MR) is 111 cm³/mol. The molecule has 2 aromatic carbocycles. The van der Waals surface area contributed by atoms with Gasteiger partial charge in [0.15, 0.2) is 6.10 Å². The lowest BCUT2D eigenvalue weighted by molar-refractivity contribution is -0.384. The highest BCUT2D eigenvalue weighted by molar-refractivity contribution is 5.98. The number of rotatable bonds is 8. The number of aryl methyl sites for hydroxylation is 1. The lowest BCUT2D eigenvalue weighted by atomic mass is 10.1. The first kappa shape index (κ1) is 21.1. The Balaban J connectivity index is 1.69. The van der Waals surface area contributed by atoms with Gasteiger partial charge in [-0.2, -0.15) is 0 Å². The van der Waals surface area contributed by atoms with Crippen LogP contribution in [0.1, 0.15) is 35.7 Å². The SMILES string of the molecule is COc1ccc(C)cc1NC(=O)C(C)OC(=O)c1ccc(NC2CC2)c([N+](=O)[O-])c1. The molecule has 1 saturated carbocycles. The average molecular weight is 413 g/mol. The molecule has 0 aliphatic heterocycles. The normalized spacial score (nSPS) is 13.8. The molecule has 0 radical (unpaired) electrons. The minimum absolute atomic E-state index is 0.00386. The molecule has 1 aliphatic carbocycles. The van der Waals surface area contributed by atoms with Crippen LogP contribution in [-0.2, 0) is 9.53 Å². The van der Waals surface area contributed by atoms with Crippen LogP contribution in [0, 0.1) is 17.0 Å². The van der Waals surface area contributed by atoms with E-state index in [1.54, 1.807) is 12.1 Å². The van der Waals surface area contributed by atoms with Gasteiger partial charge in [0.1, 0.15) is 11.4 Å². The van der Waals surface area contributed by atoms with Crippen LogP contribution in [0.4, 0.5) is 17.1 Å². The lowest BCUT2D eigenvalue weighted by Crippen LogP contribution is -2.30. The molecule has 158 valence electrons. The van der Waals surface area contributed by atoms with E-state index >= 15 is 0 Å². The van der Waals surface area contributed by atoms with Gasteiger partial charge in [-0.1, -0.05) is 6.07 Å². The Hall–Kier alpha value is -3.62. The third-order valence-electron chi connectivity index (χ3n) is 4.63. The van der Waals surface area contributed by atoms with Gasteiger partial charge in [-0.3, -0.25) is 14.9 Å². The smallest absolute Gasteiger partial charge is 0.339 e. The van der Waals surface area contributed by atoms with E-state index in [1.807, 2.05) is 13.0 Å². The molecule has 0 heterocycles. The molecule has 3 rings (SSSR count). The van der Waals surface area contributed by atoms with E-state index in [2.05, 4.69) is 10.6 Å². The van der Waals surface area contributed by atoms with Crippen LogP contribution < -0.4 is 15.4 Å². The first-order chi connectivity index (χ1) is 14.3. The summed E-state index contributed by atoms with van der Waals surface area (Å²) in [7, 11) is 1.48. The Morgan fingerprint density at radius 2 is 1.90 bits per heavy atom. The number of nitro groups is 1. The molecule has 2 N–H and O–H groups in total. The number of anilines is 2. The highest BCUT2D eigenvalue weighted by atomic mass is 16.6. The molecule has 1 aliphatic rings. The van der Waals surface area contributed by atoms with Crippen molar-refractivity contribution in [2.45, 2.75) is 38.8 Å². The Bertz CT molecular complexity index is 987. The minimum Gasteiger partial charge on any atom is -0.495 e. The van der Waals surface area contributed by atoms with E-state index < -0.39 is 22.9 Å². The van der Waals surface area contributed by atoms with Crippen molar-refractivity contribution in [2.75, 3.05) is 17.7 Å². The van der Waals surface area contributed by atoms with Gasteiger partial charge < -0.3 is 20.1 Å². The zero-order valence-electron chi connectivity index (χ0n) is 16.9. The third-order valence-corrected chi connectivity index (χ3v) is 4.63. The van der Waals surface area contributed by atoms with Gasteiger partial charge in [-0.25, -0.2) is 4.79 Å². The first-order valence-electron chi connectivity index (χ1n) is 9.50. The topological polar surface area (TPSA) is 120 Å². The van der Waals surface area contributed by atoms with Crippen LogP contribution in [0.3, 0.4) is 0 Å². The van der Waals surface area contributed by atoms with Gasteiger partial charge in [-0.15, -0.1) is 0 Å². The summed E-state index contributed by atoms with van der Waals surface area (Å²) in [6.45, 7) is 3.29. The summed E-state index contributed by atoms with van der Waals surface area (Å²) in [6.07, 6.45) is 0.796. The van der Waals surface area contributed by atoms with Crippen molar-refractivity contribution in [3.05, 3.63) is 57.6 Å². The molecule has 1 amide bonds. The maximum Gasteiger partial charge on any atom is 0.339 e. The largest absolute Gasteiger partial charge is 0.495 e. The van der Waals surface area contributed by atoms with Gasteiger partial charge in [0, 0.05) is 12.1 Å². The molecule has 30 heavy (non-hydrogen) atoms. The van der Waals surface area contributed by atoms with Crippen molar-refractivity contribution in [1.29, 1.82) is 0 Å². The second kappa shape index (κ2) is 8.81. The Morgan fingerprint density at radius 1 is 1.17 bits per heavy atom. The van der Waals surface area contributed by atoms with E-state index in [-0.39, 0.29) is 17.3 Å². The van der Waals surface area contributed by atoms with Crippen LogP contribution in [-0.4, -0.2) is 36.1 Å². The van der Waals surface area contributed by atoms with Crippen molar-refractivity contribution >= 4 is 28.9 Å². The molecule has 9 nitrogen and oxygen atoms in total. The average Bonchev–Trinajstić information content (AvgIpc) is 3.52. The van der Waals surface area contributed by atoms with Crippen molar-refractivity contribution in [2.24, 2.45) is 0 Å². The number of carbonyl (C=O) groups excluding carboxylic acids is 2. The fourth-order valence-electron chi connectivity index (χ4n) is 2.82. The number of nitrogens with zero attached hydrogens (tertiary/aromatic N) is 1. The summed E-state index contributed by atoms with van der Waals surface area (Å²) < 4.78 is 10.4. The molecular weight excluding hydrogens is 390 g/mol. The Morgan fingerprint density at radius 3 is 2.53 bits per heavy atom. The van der Waals surface area contributed by atoms with Crippen molar-refractivity contribution < 1.29 is 24.0 Å². The number of methoxy groups -OCH3 is 1. The molecule has 9 heteroatoms. The Labute approximate surface area is 173 Å². The second-order valence-electron chi connectivity index (χ2n) is 7.15. The fraction of sp³-hybridized carbons (Fsp3) is 0.333. The molecule has 0 spiro atoms. The summed E-state index contributed by atoms with van der Waals surface area (Å²) in [4.78, 5) is 35.7. The standard InChI is InChI=1S/C21H23N3O6/c1-12-4-9-19(29-3)17(10-12)23-20(25)13(2)30-21(26)14-5-8-16(22-15-6-7-15)18(11-14)24(27)28/h4-5,8-11,13,15,22H,6-7H2,1-3H3,(H,23,25). The lowest BCUT2D eigenvalue weighted by Gasteiger charge is -2.16. The number of hydrogen-bond donors (Lipinski definition) is 2. The molecule has 1 fully saturated rings. The number of nitro benzene ring substituents is 1. The van der Waals surface area contributed by atoms with E-state index in [9.17, 15) is 19.7 Å². The number of ether oxygens (including phenoxy) is 2. The van der Waals surface area contributed by atoms with Crippen LogP contribution >= 0.6 is 0 Å². The Kier molecular flexibility index (Phi) is 6.20. The van der Waals surface area contributed by atoms with Crippen molar-refractivity contribution in [1.82, 2.24) is 0 Å². The van der Waals surface area contributed by atoms with Crippen molar-refractivity contribution in [3.8, 4) is 5.75 Å². The summed E-state index contributed by atoms with van der Waals surface area (Å²) in [5.41, 5.74) is 1.52. The monoisotopic (exact) mass is 413 g/mol. The highest BCUT2D eigenvalue weighted by Gasteiger charge is 2.27. The number of nitrogens with one attached hydrogen (secondary N) is 2. The molecule has 0 aromatic heterocycles. The van der Waals surface area contributed by atoms with Gasteiger partial charge >= 0.3 is 5.97 Å². The zero-order chi connectivity index (χ0) is 21.8. The molecule has 2 aromatic rings. The fourth-order valence-corrected chi connectivity index (χ4v) is 2.82. The van der Waals surface area contributed by atoms with Crippen LogP contribution in [0.5, 0.6) is 5.75 Å². The maximum atomic E-state index is 12.5. The predicted octanol–water partition coefficient (Wildman–Crippen LogP) is 3.67. The minimum atomic E-state index is -1.12. The number of hydrogen-bond acceptors (Lipinski definition) is 7. The number of amides is 1. The van der Waals surface area contributed by atoms with Crippen molar-refractivity contribution in [3.63, 3.8) is 0 Å². The highest BCUT2D eigenvalue weighted by Crippen LogP contribution is 2.32. The molecular formula is C21H23N3O6. The third kappa shape index (κ3) is 5.05. The quantitative estimate of drug-likeness (QED) is 0.385. The molecule has 0 saturated heterocycles. The molecule has 1 unspecified atom stereocenters. The zero-order valence-corrected chi connectivity index (χ0v) is 16.9. The van der Waals surface area contributed by atoms with Crippen LogP contribution in [0.15, 0.2) is 36.4 Å².